The molecule has 214 valence electrons. The first-order valence-corrected chi connectivity index (χ1v) is 19.6. The van der Waals surface area contributed by atoms with Gasteiger partial charge in [0, 0.05) is 9.52 Å². The molecular formula is C38H40Cl2SiZr. The van der Waals surface area contributed by atoms with Gasteiger partial charge in [-0.25, -0.2) is 0 Å². The molecule has 1 aliphatic heterocycles. The van der Waals surface area contributed by atoms with E-state index < -0.39 is 23.2 Å². The Kier molecular flexibility index (Phi) is 11.5. The van der Waals surface area contributed by atoms with Gasteiger partial charge in [-0.1, -0.05) is 24.9 Å². The molecule has 0 bridgehead atoms. The molecule has 0 nitrogen and oxygen atoms in total. The molecule has 4 aromatic rings. The van der Waals surface area contributed by atoms with Crippen LogP contribution in [0.4, 0.5) is 0 Å². The van der Waals surface area contributed by atoms with Crippen molar-refractivity contribution >= 4 is 42.2 Å². The van der Waals surface area contributed by atoms with Gasteiger partial charge in [-0.2, -0.15) is 0 Å². The minimum Gasteiger partial charge on any atom is -1.00 e. The first kappa shape index (κ1) is 32.9. The van der Waals surface area contributed by atoms with Crippen molar-refractivity contribution in [1.29, 1.82) is 0 Å². The largest absolute Gasteiger partial charge is 1.00 e. The maximum atomic E-state index is 2.53. The Balaban J connectivity index is 0.000000526. The SMILES string of the molecule is C1CC[SiH2]C1.CC1=[C]([Zr+2][C]2=C(C)C(c3cccc4ccccc34)=CC2C)C(C)C=C1c1cccc2ccccc12.[Cl-].[Cl-]. The van der Waals surface area contributed by atoms with Crippen LogP contribution in [0.15, 0.2) is 115 Å². The summed E-state index contributed by atoms with van der Waals surface area (Å²) in [5.41, 5.74) is 8.76. The van der Waals surface area contributed by atoms with E-state index in [9.17, 15) is 0 Å². The molecule has 0 spiro atoms. The van der Waals surface area contributed by atoms with E-state index >= 15 is 0 Å². The van der Waals surface area contributed by atoms with Crippen LogP contribution in [0, 0.1) is 11.8 Å². The molecule has 2 aliphatic carbocycles. The Morgan fingerprint density at radius 2 is 0.976 bits per heavy atom. The van der Waals surface area contributed by atoms with Crippen molar-refractivity contribution in [3.8, 4) is 0 Å². The van der Waals surface area contributed by atoms with Crippen molar-refractivity contribution < 1.29 is 48.0 Å². The molecule has 0 N–H and O–H groups in total. The summed E-state index contributed by atoms with van der Waals surface area (Å²) in [6, 6.07) is 34.4. The third-order valence-electron chi connectivity index (χ3n) is 9.04. The first-order valence-electron chi connectivity index (χ1n) is 15.1. The third-order valence-corrected chi connectivity index (χ3v) is 16.4. The summed E-state index contributed by atoms with van der Waals surface area (Å²) in [5, 5.41) is 5.38. The van der Waals surface area contributed by atoms with E-state index in [1.807, 2.05) is 0 Å². The topological polar surface area (TPSA) is 0 Å². The summed E-state index contributed by atoms with van der Waals surface area (Å²) in [4.78, 5) is 0. The molecule has 4 aromatic carbocycles. The Hall–Kier alpha value is -1.96. The molecule has 4 heteroatoms. The molecule has 0 aromatic heterocycles. The van der Waals surface area contributed by atoms with Crippen LogP contribution < -0.4 is 24.8 Å². The molecule has 0 amide bonds. The van der Waals surface area contributed by atoms with Crippen molar-refractivity contribution in [3.63, 3.8) is 0 Å². The molecule has 2 atom stereocenters. The van der Waals surface area contributed by atoms with Gasteiger partial charge in [0.25, 0.3) is 0 Å². The van der Waals surface area contributed by atoms with Gasteiger partial charge in [-0.15, -0.1) is 0 Å². The molecule has 3 aliphatic rings. The molecule has 2 unspecified atom stereocenters. The van der Waals surface area contributed by atoms with Crippen LogP contribution in [0.25, 0.3) is 32.7 Å². The van der Waals surface area contributed by atoms with Gasteiger partial charge in [0.05, 0.1) is 0 Å². The molecule has 42 heavy (non-hydrogen) atoms. The Morgan fingerprint density at radius 3 is 1.38 bits per heavy atom. The average Bonchev–Trinajstić information content (AvgIpc) is 3.72. The van der Waals surface area contributed by atoms with Crippen molar-refractivity contribution in [2.24, 2.45) is 11.8 Å². The van der Waals surface area contributed by atoms with Crippen LogP contribution in [0.1, 0.15) is 51.7 Å². The quantitative estimate of drug-likeness (QED) is 0.283. The fraction of sp³-hybridized carbons (Fsp3) is 0.263. The van der Waals surface area contributed by atoms with E-state index in [4.69, 9.17) is 0 Å². The molecule has 1 heterocycles. The van der Waals surface area contributed by atoms with Crippen molar-refractivity contribution in [2.45, 2.75) is 52.6 Å². The number of halogens is 2. The summed E-state index contributed by atoms with van der Waals surface area (Å²) in [6.45, 7) is 9.57. The monoisotopic (exact) mass is 684 g/mol. The predicted octanol–water partition coefficient (Wildman–Crippen LogP) is 4.18. The van der Waals surface area contributed by atoms with E-state index in [0.29, 0.717) is 21.4 Å². The number of allylic oxidation sites excluding steroid dienone is 8. The number of fused-ring (bicyclic) bond motifs is 2. The molecule has 1 saturated heterocycles. The summed E-state index contributed by atoms with van der Waals surface area (Å²) in [7, 11) is 0.543. The molecule has 1 fully saturated rings. The van der Waals surface area contributed by atoms with Gasteiger partial charge in [-0.05, 0) is 0 Å². The summed E-state index contributed by atoms with van der Waals surface area (Å²) < 4.78 is 3.48. The predicted molar refractivity (Wildman–Crippen MR) is 175 cm³/mol. The zero-order valence-electron chi connectivity index (χ0n) is 25.2. The molecular weight excluding hydrogens is 647 g/mol. The van der Waals surface area contributed by atoms with Crippen LogP contribution in [0.3, 0.4) is 0 Å². The Labute approximate surface area is 278 Å². The first-order chi connectivity index (χ1) is 19.5. The van der Waals surface area contributed by atoms with Crippen molar-refractivity contribution in [1.82, 2.24) is 0 Å². The van der Waals surface area contributed by atoms with Crippen LogP contribution in [-0.2, 0) is 23.2 Å². The standard InChI is InChI=1S/2C17H15.C4H10Si.2ClH.Zr/c2*1-12-10-13(2)17(11-12)16-9-5-7-14-6-3-4-8-15(14)16;1-2-4-5-3-1;;;/h2*3-9,11-12H,1-2H3;1-5H2;2*1H;/q;;;;;+2/p-2. The van der Waals surface area contributed by atoms with E-state index in [2.05, 4.69) is 125 Å². The summed E-state index contributed by atoms with van der Waals surface area (Å²) in [5.74, 6) is 1.06. The minimum absolute atomic E-state index is 0. The van der Waals surface area contributed by atoms with Crippen LogP contribution in [-0.4, -0.2) is 9.52 Å². The van der Waals surface area contributed by atoms with E-state index in [1.165, 1.54) is 55.0 Å². The number of hydrogen-bond donors (Lipinski definition) is 0. The van der Waals surface area contributed by atoms with E-state index in [-0.39, 0.29) is 24.8 Å². The average molecular weight is 687 g/mol. The van der Waals surface area contributed by atoms with Crippen molar-refractivity contribution in [3.05, 3.63) is 126 Å². The number of rotatable bonds is 4. The van der Waals surface area contributed by atoms with Crippen molar-refractivity contribution in [2.75, 3.05) is 0 Å². The van der Waals surface area contributed by atoms with E-state index in [0.717, 1.165) is 0 Å². The summed E-state index contributed by atoms with van der Waals surface area (Å²) in [6.07, 6.45) is 8.18. The van der Waals surface area contributed by atoms with Crippen LogP contribution in [0.2, 0.25) is 12.1 Å². The van der Waals surface area contributed by atoms with E-state index in [1.54, 1.807) is 31.5 Å². The Morgan fingerprint density at radius 1 is 0.571 bits per heavy atom. The van der Waals surface area contributed by atoms with Gasteiger partial charge in [0.15, 0.2) is 0 Å². The molecule has 0 radical (unpaired) electrons. The van der Waals surface area contributed by atoms with Gasteiger partial charge in [-0.3, -0.25) is 0 Å². The van der Waals surface area contributed by atoms with Crippen LogP contribution >= 0.6 is 0 Å². The van der Waals surface area contributed by atoms with Gasteiger partial charge < -0.3 is 24.8 Å². The number of hydrogen-bond acceptors (Lipinski definition) is 0. The second kappa shape index (κ2) is 14.7. The Bertz CT molecular complexity index is 1570. The normalized spacial score (nSPS) is 19.5. The number of benzene rings is 4. The van der Waals surface area contributed by atoms with Gasteiger partial charge in [0.2, 0.25) is 0 Å². The molecule has 7 rings (SSSR count). The summed E-state index contributed by atoms with van der Waals surface area (Å²) >= 11 is -0.905. The second-order valence-electron chi connectivity index (χ2n) is 11.8. The fourth-order valence-electron chi connectivity index (χ4n) is 6.84. The maximum Gasteiger partial charge on any atom is -1.00 e. The smallest absolute Gasteiger partial charge is 1.00 e. The fourth-order valence-corrected chi connectivity index (χ4v) is 12.4. The third kappa shape index (κ3) is 6.58. The zero-order valence-corrected chi connectivity index (χ0v) is 30.6. The van der Waals surface area contributed by atoms with Gasteiger partial charge >= 0.3 is 221 Å². The maximum absolute atomic E-state index is 2.53. The minimum atomic E-state index is -0.905. The zero-order chi connectivity index (χ0) is 27.6. The molecule has 0 saturated carbocycles. The van der Waals surface area contributed by atoms with Crippen LogP contribution in [0.5, 0.6) is 0 Å². The van der Waals surface area contributed by atoms with Gasteiger partial charge in [0.1, 0.15) is 0 Å². The second-order valence-corrected chi connectivity index (χ2v) is 17.1.